The third kappa shape index (κ3) is 7.76. The summed E-state index contributed by atoms with van der Waals surface area (Å²) in [5.74, 6) is -0.0276. The summed E-state index contributed by atoms with van der Waals surface area (Å²) in [6.07, 6.45) is 1.43. The lowest BCUT2D eigenvalue weighted by atomic mass is 10.2. The van der Waals surface area contributed by atoms with Crippen molar-refractivity contribution in [1.82, 2.24) is 5.43 Å². The minimum absolute atomic E-state index is 0.0141. The van der Waals surface area contributed by atoms with Crippen LogP contribution in [0.2, 0.25) is 0 Å². The van der Waals surface area contributed by atoms with E-state index in [1.807, 2.05) is 13.8 Å². The van der Waals surface area contributed by atoms with Crippen molar-refractivity contribution in [1.29, 1.82) is 0 Å². The minimum Gasteiger partial charge on any atom is -0.489 e. The number of nitrogens with one attached hydrogen (secondary N) is 1. The molecule has 10 nitrogen and oxygen atoms in total. The Hall–Kier alpha value is -5.03. The highest BCUT2D eigenvalue weighted by Gasteiger charge is 2.27. The van der Waals surface area contributed by atoms with Crippen molar-refractivity contribution >= 4 is 33.5 Å². The number of hydrogen-bond acceptors (Lipinski definition) is 7. The zero-order chi connectivity index (χ0) is 29.4. The monoisotopic (exact) mass is 572 g/mol. The number of nitrogens with zero attached hydrogens (tertiary/aromatic N) is 3. The summed E-state index contributed by atoms with van der Waals surface area (Å²) in [6, 6.07) is 26.3. The highest BCUT2D eigenvalue weighted by atomic mass is 32.2. The quantitative estimate of drug-likeness (QED) is 0.150. The van der Waals surface area contributed by atoms with Crippen LogP contribution in [-0.4, -0.2) is 32.0 Å². The first kappa shape index (κ1) is 29.0. The fourth-order valence-corrected chi connectivity index (χ4v) is 5.16. The maximum absolute atomic E-state index is 13.4. The molecule has 4 aromatic rings. The summed E-state index contributed by atoms with van der Waals surface area (Å²) >= 11 is 0. The number of aryl methyl sites for hydroxylation is 2. The number of benzene rings is 4. The first-order valence-corrected chi connectivity index (χ1v) is 14.0. The summed E-state index contributed by atoms with van der Waals surface area (Å²) in [6.45, 7) is 3.53. The van der Waals surface area contributed by atoms with Crippen molar-refractivity contribution in [2.45, 2.75) is 25.3 Å². The van der Waals surface area contributed by atoms with Gasteiger partial charge < -0.3 is 4.74 Å². The van der Waals surface area contributed by atoms with Gasteiger partial charge in [0.25, 0.3) is 21.6 Å². The Kier molecular flexibility index (Phi) is 9.10. The second-order valence-electron chi connectivity index (χ2n) is 9.23. The molecule has 0 bridgehead atoms. The Morgan fingerprint density at radius 3 is 2.07 bits per heavy atom. The van der Waals surface area contributed by atoms with Gasteiger partial charge in [-0.2, -0.15) is 5.10 Å². The molecular formula is C30H28N4O6S. The Morgan fingerprint density at radius 2 is 1.49 bits per heavy atom. The third-order valence-corrected chi connectivity index (χ3v) is 7.84. The Balaban J connectivity index is 1.37. The summed E-state index contributed by atoms with van der Waals surface area (Å²) in [5.41, 5.74) is 6.11. The van der Waals surface area contributed by atoms with Crippen LogP contribution in [0.4, 0.5) is 11.4 Å². The van der Waals surface area contributed by atoms with Gasteiger partial charge in [-0.3, -0.25) is 19.2 Å². The first-order chi connectivity index (χ1) is 19.6. The number of hydrazone groups is 1. The number of carbonyl (C=O) groups excluding carboxylic acids is 1. The zero-order valence-electron chi connectivity index (χ0n) is 22.4. The van der Waals surface area contributed by atoms with Gasteiger partial charge in [0.2, 0.25) is 0 Å². The van der Waals surface area contributed by atoms with Crippen molar-refractivity contribution in [3.63, 3.8) is 0 Å². The molecule has 0 unspecified atom stereocenters. The molecule has 210 valence electrons. The fraction of sp³-hybridized carbons (Fsp3) is 0.133. The molecule has 0 fully saturated rings. The predicted molar refractivity (Wildman–Crippen MR) is 156 cm³/mol. The molecule has 0 atom stereocenters. The second-order valence-corrected chi connectivity index (χ2v) is 11.1. The minimum atomic E-state index is -4.02. The Bertz CT molecular complexity index is 1640. The van der Waals surface area contributed by atoms with Gasteiger partial charge in [0, 0.05) is 12.1 Å². The molecule has 0 saturated heterocycles. The van der Waals surface area contributed by atoms with Gasteiger partial charge in [-0.1, -0.05) is 35.4 Å². The number of anilines is 1. The van der Waals surface area contributed by atoms with E-state index in [-0.39, 0.29) is 17.2 Å². The van der Waals surface area contributed by atoms with Crippen LogP contribution in [0.25, 0.3) is 0 Å². The number of carbonyl (C=O) groups is 1. The highest BCUT2D eigenvalue weighted by molar-refractivity contribution is 7.92. The number of hydrogen-bond donors (Lipinski definition) is 1. The molecule has 0 aliphatic heterocycles. The van der Waals surface area contributed by atoms with Gasteiger partial charge in [-0.25, -0.2) is 13.8 Å². The number of ether oxygens (including phenoxy) is 1. The van der Waals surface area contributed by atoms with E-state index >= 15 is 0 Å². The van der Waals surface area contributed by atoms with Crippen molar-refractivity contribution in [3.8, 4) is 5.75 Å². The largest absolute Gasteiger partial charge is 0.489 e. The first-order valence-electron chi connectivity index (χ1n) is 12.6. The van der Waals surface area contributed by atoms with E-state index in [4.69, 9.17) is 4.74 Å². The molecule has 0 aliphatic rings. The number of sulfonamides is 1. The van der Waals surface area contributed by atoms with Crippen LogP contribution in [0.3, 0.4) is 0 Å². The molecular weight excluding hydrogens is 544 g/mol. The number of amides is 1. The van der Waals surface area contributed by atoms with Crippen LogP contribution in [0.5, 0.6) is 5.75 Å². The molecule has 4 aromatic carbocycles. The van der Waals surface area contributed by atoms with E-state index in [9.17, 15) is 23.3 Å². The van der Waals surface area contributed by atoms with Gasteiger partial charge in [0.05, 0.1) is 21.7 Å². The lowest BCUT2D eigenvalue weighted by Crippen LogP contribution is -2.39. The van der Waals surface area contributed by atoms with Crippen LogP contribution in [0.15, 0.2) is 107 Å². The molecule has 1 amide bonds. The SMILES string of the molecule is Cc1ccc(N(CC(=O)N/N=C\c2ccc(OCc3ccc([N+](=O)[O-])cc3)cc2)S(=O)(=O)c2ccc(C)cc2)cc1. The second kappa shape index (κ2) is 12.9. The van der Waals surface area contributed by atoms with E-state index in [0.29, 0.717) is 17.0 Å². The van der Waals surface area contributed by atoms with Gasteiger partial charge in [-0.05, 0) is 85.6 Å². The molecule has 0 saturated carbocycles. The van der Waals surface area contributed by atoms with E-state index < -0.39 is 27.4 Å². The summed E-state index contributed by atoms with van der Waals surface area (Å²) in [5, 5.41) is 14.7. The molecule has 41 heavy (non-hydrogen) atoms. The van der Waals surface area contributed by atoms with Crippen LogP contribution in [0.1, 0.15) is 22.3 Å². The molecule has 0 heterocycles. The molecule has 4 rings (SSSR count). The standard InChI is InChI=1S/C30H28N4O6S/c1-22-3-11-26(12-4-22)33(41(38,39)29-17-5-23(2)6-18-29)20-30(35)32-31-19-24-9-15-28(16-10-24)40-21-25-7-13-27(14-8-25)34(36)37/h3-19H,20-21H2,1-2H3,(H,32,35)/b31-19-. The van der Waals surface area contributed by atoms with E-state index in [1.54, 1.807) is 72.8 Å². The average Bonchev–Trinajstić information content (AvgIpc) is 2.96. The van der Waals surface area contributed by atoms with E-state index in [1.165, 1.54) is 30.5 Å². The van der Waals surface area contributed by atoms with Crippen molar-refractivity contribution in [3.05, 3.63) is 129 Å². The van der Waals surface area contributed by atoms with E-state index in [2.05, 4.69) is 10.5 Å². The van der Waals surface area contributed by atoms with Gasteiger partial charge in [0.1, 0.15) is 18.9 Å². The van der Waals surface area contributed by atoms with Gasteiger partial charge >= 0.3 is 0 Å². The number of non-ortho nitro benzene ring substituents is 1. The maximum atomic E-state index is 13.4. The van der Waals surface area contributed by atoms with Crippen LogP contribution in [0, 0.1) is 24.0 Å². The maximum Gasteiger partial charge on any atom is 0.269 e. The summed E-state index contributed by atoms with van der Waals surface area (Å²) in [4.78, 5) is 23.2. The molecule has 0 aliphatic carbocycles. The fourth-order valence-electron chi connectivity index (χ4n) is 3.74. The lowest BCUT2D eigenvalue weighted by Gasteiger charge is -2.24. The number of nitro benzene ring substituents is 1. The highest BCUT2D eigenvalue weighted by Crippen LogP contribution is 2.24. The number of rotatable bonds is 11. The normalized spacial score (nSPS) is 11.3. The molecule has 0 spiro atoms. The Labute approximate surface area is 238 Å². The van der Waals surface area contributed by atoms with Gasteiger partial charge in [0.15, 0.2) is 0 Å². The topological polar surface area (TPSA) is 131 Å². The Morgan fingerprint density at radius 1 is 0.902 bits per heavy atom. The average molecular weight is 573 g/mol. The molecule has 0 radical (unpaired) electrons. The smallest absolute Gasteiger partial charge is 0.269 e. The zero-order valence-corrected chi connectivity index (χ0v) is 23.2. The lowest BCUT2D eigenvalue weighted by molar-refractivity contribution is -0.384. The molecule has 0 aromatic heterocycles. The molecule has 11 heteroatoms. The molecule has 1 N–H and O–H groups in total. The van der Waals surface area contributed by atoms with E-state index in [0.717, 1.165) is 21.0 Å². The van der Waals surface area contributed by atoms with Crippen molar-refractivity contribution in [2.24, 2.45) is 5.10 Å². The predicted octanol–water partition coefficient (Wildman–Crippen LogP) is 5.14. The van der Waals surface area contributed by atoms with Crippen LogP contribution >= 0.6 is 0 Å². The van der Waals surface area contributed by atoms with Crippen LogP contribution < -0.4 is 14.5 Å². The van der Waals surface area contributed by atoms with Gasteiger partial charge in [-0.15, -0.1) is 0 Å². The summed E-state index contributed by atoms with van der Waals surface area (Å²) < 4.78 is 33.7. The van der Waals surface area contributed by atoms with Crippen molar-refractivity contribution in [2.75, 3.05) is 10.8 Å². The van der Waals surface area contributed by atoms with Crippen molar-refractivity contribution < 1.29 is 22.9 Å². The van der Waals surface area contributed by atoms with Crippen LogP contribution in [-0.2, 0) is 21.4 Å². The third-order valence-electron chi connectivity index (χ3n) is 6.05. The summed E-state index contributed by atoms with van der Waals surface area (Å²) in [7, 11) is -4.02. The number of nitro groups is 1.